The maximum Gasteiger partial charge on any atom is 0.295 e. The van der Waals surface area contributed by atoms with Crippen molar-refractivity contribution in [3.63, 3.8) is 0 Å². The normalized spacial score (nSPS) is 23.1. The number of furan rings is 1. The Morgan fingerprint density at radius 1 is 0.973 bits per heavy atom. The van der Waals surface area contributed by atoms with Gasteiger partial charge in [-0.2, -0.15) is 4.98 Å². The zero-order valence-corrected chi connectivity index (χ0v) is 19.2. The molecule has 2 aromatic carbocycles. The van der Waals surface area contributed by atoms with E-state index in [1.165, 1.54) is 6.07 Å². The Morgan fingerprint density at radius 3 is 2.57 bits per heavy atom. The van der Waals surface area contributed by atoms with Gasteiger partial charge in [0.25, 0.3) is 6.01 Å². The van der Waals surface area contributed by atoms with E-state index in [0.29, 0.717) is 22.9 Å². The molecule has 2 aliphatic heterocycles. The number of hydrogen-bond donors (Lipinski definition) is 3. The minimum absolute atomic E-state index is 0.0187. The molecule has 188 valence electrons. The van der Waals surface area contributed by atoms with Crippen molar-refractivity contribution >= 4 is 11.0 Å². The molecule has 4 atom stereocenters. The van der Waals surface area contributed by atoms with Crippen LogP contribution in [0.25, 0.3) is 45.1 Å². The molecule has 2 fully saturated rings. The van der Waals surface area contributed by atoms with Crippen LogP contribution < -0.4 is 4.74 Å². The van der Waals surface area contributed by atoms with Crippen LogP contribution in [0.5, 0.6) is 6.01 Å². The van der Waals surface area contributed by atoms with Gasteiger partial charge in [-0.15, -0.1) is 0 Å². The number of imidazole rings is 2. The summed E-state index contributed by atoms with van der Waals surface area (Å²) in [6, 6.07) is 11.5. The first-order valence-electron chi connectivity index (χ1n) is 11.7. The van der Waals surface area contributed by atoms with E-state index in [2.05, 4.69) is 19.9 Å². The standard InChI is InChI=1S/C26H20F2N4O5/c27-14-9-15-22(32-26(31-15)37-19-11-35-23-16(33)10-34-24(19)23)21(28)20(14)13-3-1-12(2-4-13)17-5-6-18(36-17)25-29-7-8-30-25/h1-9,16,19,23-24,33H,10-11H2,(H,29,30)(H,31,32)/t16-,19-,23-,24-/m1/s1. The van der Waals surface area contributed by atoms with Crippen molar-refractivity contribution in [2.45, 2.75) is 24.4 Å². The first kappa shape index (κ1) is 22.2. The molecule has 5 aromatic rings. The van der Waals surface area contributed by atoms with Crippen LogP contribution in [0.3, 0.4) is 0 Å². The molecule has 9 nitrogen and oxygen atoms in total. The fourth-order valence-electron chi connectivity index (χ4n) is 4.89. The van der Waals surface area contributed by atoms with Gasteiger partial charge in [0, 0.05) is 24.0 Å². The van der Waals surface area contributed by atoms with Gasteiger partial charge in [-0.1, -0.05) is 24.3 Å². The highest BCUT2D eigenvalue weighted by atomic mass is 19.1. The van der Waals surface area contributed by atoms with Crippen molar-refractivity contribution in [1.29, 1.82) is 0 Å². The Balaban J connectivity index is 1.16. The number of aromatic amines is 2. The van der Waals surface area contributed by atoms with E-state index >= 15 is 8.78 Å². The molecule has 0 aliphatic carbocycles. The quantitative estimate of drug-likeness (QED) is 0.329. The van der Waals surface area contributed by atoms with Crippen molar-refractivity contribution in [1.82, 2.24) is 19.9 Å². The number of rotatable bonds is 5. The number of hydrogen-bond acceptors (Lipinski definition) is 7. The molecular weight excluding hydrogens is 486 g/mol. The van der Waals surface area contributed by atoms with Crippen molar-refractivity contribution in [2.24, 2.45) is 0 Å². The maximum atomic E-state index is 15.5. The fraction of sp³-hybridized carbons (Fsp3) is 0.231. The highest BCUT2D eigenvalue weighted by Gasteiger charge is 2.48. The lowest BCUT2D eigenvalue weighted by molar-refractivity contribution is 0.00706. The summed E-state index contributed by atoms with van der Waals surface area (Å²) >= 11 is 0. The number of aliphatic hydroxyl groups excluding tert-OH is 1. The third-order valence-electron chi connectivity index (χ3n) is 6.69. The first-order chi connectivity index (χ1) is 18.0. The monoisotopic (exact) mass is 506 g/mol. The number of nitrogens with one attached hydrogen (secondary N) is 2. The van der Waals surface area contributed by atoms with Crippen LogP contribution in [0.2, 0.25) is 0 Å². The first-order valence-corrected chi connectivity index (χ1v) is 11.7. The highest BCUT2D eigenvalue weighted by Crippen LogP contribution is 2.35. The average molecular weight is 506 g/mol. The predicted octanol–water partition coefficient (Wildman–Crippen LogP) is 4.06. The summed E-state index contributed by atoms with van der Waals surface area (Å²) in [4.78, 5) is 14.2. The second-order valence-corrected chi connectivity index (χ2v) is 8.98. The fourth-order valence-corrected chi connectivity index (χ4v) is 4.89. The van der Waals surface area contributed by atoms with Crippen LogP contribution in [0.1, 0.15) is 0 Å². The molecule has 0 unspecified atom stereocenters. The summed E-state index contributed by atoms with van der Waals surface area (Å²) in [6.07, 6.45) is 1.15. The van der Waals surface area contributed by atoms with Gasteiger partial charge in [0.1, 0.15) is 35.4 Å². The van der Waals surface area contributed by atoms with Gasteiger partial charge in [0.05, 0.1) is 24.3 Å². The number of nitrogens with zero attached hydrogens (tertiary/aromatic N) is 2. The molecule has 2 saturated heterocycles. The van der Waals surface area contributed by atoms with E-state index in [1.54, 1.807) is 48.8 Å². The predicted molar refractivity (Wildman–Crippen MR) is 127 cm³/mol. The number of aromatic nitrogens is 4. The number of aliphatic hydroxyl groups is 1. The third-order valence-corrected chi connectivity index (χ3v) is 6.69. The molecule has 0 amide bonds. The van der Waals surface area contributed by atoms with Crippen LogP contribution in [0.15, 0.2) is 59.3 Å². The van der Waals surface area contributed by atoms with Crippen molar-refractivity contribution in [3.8, 4) is 40.0 Å². The molecule has 0 bridgehead atoms. The summed E-state index contributed by atoms with van der Waals surface area (Å²) in [7, 11) is 0. The Morgan fingerprint density at radius 2 is 1.76 bits per heavy atom. The number of H-pyrrole nitrogens is 2. The largest absolute Gasteiger partial charge is 0.456 e. The molecule has 7 rings (SSSR count). The van der Waals surface area contributed by atoms with Crippen LogP contribution in [-0.2, 0) is 9.47 Å². The summed E-state index contributed by atoms with van der Waals surface area (Å²) in [5.74, 6) is 0.243. The zero-order chi connectivity index (χ0) is 25.1. The molecule has 3 N–H and O–H groups in total. The molecular formula is C26H20F2N4O5. The zero-order valence-electron chi connectivity index (χ0n) is 19.2. The van der Waals surface area contributed by atoms with Crippen LogP contribution >= 0.6 is 0 Å². The molecule has 2 aliphatic rings. The van der Waals surface area contributed by atoms with Gasteiger partial charge in [-0.05, 0) is 17.7 Å². The van der Waals surface area contributed by atoms with E-state index in [-0.39, 0.29) is 35.8 Å². The van der Waals surface area contributed by atoms with Gasteiger partial charge in [0.15, 0.2) is 23.5 Å². The minimum Gasteiger partial charge on any atom is -0.456 e. The molecule has 5 heterocycles. The van der Waals surface area contributed by atoms with Gasteiger partial charge in [-0.25, -0.2) is 13.8 Å². The van der Waals surface area contributed by atoms with Crippen molar-refractivity contribution in [3.05, 3.63) is 66.5 Å². The Labute approximate surface area is 208 Å². The molecule has 0 spiro atoms. The van der Waals surface area contributed by atoms with Crippen molar-refractivity contribution in [2.75, 3.05) is 13.2 Å². The van der Waals surface area contributed by atoms with Gasteiger partial charge in [0.2, 0.25) is 0 Å². The smallest absolute Gasteiger partial charge is 0.295 e. The SMILES string of the molecule is O[C@@H]1CO[C@H]2[C@@H]1OC[C@H]2Oc1nc2c(F)c(-c3ccc(-c4ccc(-c5ncc[nH]5)o4)cc3)c(F)cc2[nH]1. The average Bonchev–Trinajstić information content (AvgIpc) is 3.71. The second-order valence-electron chi connectivity index (χ2n) is 8.98. The highest BCUT2D eigenvalue weighted by molar-refractivity contribution is 5.84. The Bertz CT molecular complexity index is 1580. The maximum absolute atomic E-state index is 15.5. The molecule has 0 saturated carbocycles. The summed E-state index contributed by atoms with van der Waals surface area (Å²) < 4.78 is 53.3. The second kappa shape index (κ2) is 8.51. The van der Waals surface area contributed by atoms with Gasteiger partial charge >= 0.3 is 0 Å². The van der Waals surface area contributed by atoms with E-state index in [9.17, 15) is 5.11 Å². The number of benzene rings is 2. The van der Waals surface area contributed by atoms with Crippen LogP contribution in [0.4, 0.5) is 8.78 Å². The molecule has 37 heavy (non-hydrogen) atoms. The lowest BCUT2D eigenvalue weighted by Crippen LogP contribution is -2.34. The topological polar surface area (TPSA) is 118 Å². The Hall–Kier alpha value is -4.06. The van der Waals surface area contributed by atoms with Crippen LogP contribution in [0, 0.1) is 11.6 Å². The third kappa shape index (κ3) is 3.70. The van der Waals surface area contributed by atoms with E-state index in [0.717, 1.165) is 5.56 Å². The van der Waals surface area contributed by atoms with Crippen molar-refractivity contribution < 1.29 is 32.5 Å². The van der Waals surface area contributed by atoms with E-state index < -0.39 is 36.1 Å². The van der Waals surface area contributed by atoms with E-state index in [1.807, 2.05) is 0 Å². The minimum atomic E-state index is -0.806. The van der Waals surface area contributed by atoms with E-state index in [4.69, 9.17) is 18.6 Å². The lowest BCUT2D eigenvalue weighted by Gasteiger charge is -2.15. The molecule has 3 aromatic heterocycles. The summed E-state index contributed by atoms with van der Waals surface area (Å²) in [5.41, 5.74) is 1.01. The summed E-state index contributed by atoms with van der Waals surface area (Å²) in [6.45, 7) is 0.346. The number of fused-ring (bicyclic) bond motifs is 2. The Kier molecular flexibility index (Phi) is 5.10. The van der Waals surface area contributed by atoms with Gasteiger partial charge in [-0.3, -0.25) is 0 Å². The molecule has 11 heteroatoms. The molecule has 0 radical (unpaired) electrons. The number of ether oxygens (including phenoxy) is 3. The lowest BCUT2D eigenvalue weighted by atomic mass is 10.0. The summed E-state index contributed by atoms with van der Waals surface area (Å²) in [5, 5.41) is 9.90. The van der Waals surface area contributed by atoms with Crippen LogP contribution in [-0.4, -0.2) is 62.7 Å². The van der Waals surface area contributed by atoms with Gasteiger partial charge < -0.3 is 33.7 Å². The number of halogens is 2.